The van der Waals surface area contributed by atoms with Crippen molar-refractivity contribution < 1.29 is 21.6 Å². The summed E-state index contributed by atoms with van der Waals surface area (Å²) >= 11 is 0. The fourth-order valence-electron chi connectivity index (χ4n) is 2.19. The predicted molar refractivity (Wildman–Crippen MR) is 78.6 cm³/mol. The van der Waals surface area contributed by atoms with Crippen LogP contribution in [0.1, 0.15) is 5.56 Å². The second-order valence-corrected chi connectivity index (χ2v) is 6.68. The van der Waals surface area contributed by atoms with Gasteiger partial charge in [-0.2, -0.15) is 26.4 Å². The Hall–Kier alpha value is -2.35. The Morgan fingerprint density at radius 2 is 1.70 bits per heavy atom. The summed E-state index contributed by atoms with van der Waals surface area (Å²) in [5.41, 5.74) is -0.199. The Morgan fingerprint density at radius 1 is 1.04 bits per heavy atom. The molecule has 23 heavy (non-hydrogen) atoms. The van der Waals surface area contributed by atoms with Gasteiger partial charge < -0.3 is 0 Å². The molecule has 0 bridgehead atoms. The van der Waals surface area contributed by atoms with Crippen LogP contribution in [-0.4, -0.2) is 24.3 Å². The predicted octanol–water partition coefficient (Wildman–Crippen LogP) is 3.33. The van der Waals surface area contributed by atoms with Gasteiger partial charge in [0.2, 0.25) is 0 Å². The van der Waals surface area contributed by atoms with E-state index in [4.69, 9.17) is 0 Å². The Kier molecular flexibility index (Phi) is 3.63. The van der Waals surface area contributed by atoms with Crippen LogP contribution in [-0.2, 0) is 15.9 Å². The van der Waals surface area contributed by atoms with Crippen LogP contribution in [0.25, 0.3) is 10.9 Å². The van der Waals surface area contributed by atoms with E-state index in [2.05, 4.69) is 5.10 Å². The first-order valence-electron chi connectivity index (χ1n) is 6.59. The highest BCUT2D eigenvalue weighted by atomic mass is 32.2. The summed E-state index contributed by atoms with van der Waals surface area (Å²) in [6.07, 6.45) is 1.40. The quantitative estimate of drug-likeness (QED) is 0.732. The van der Waals surface area contributed by atoms with E-state index in [-0.39, 0.29) is 4.90 Å². The molecule has 3 aromatic rings. The van der Waals surface area contributed by atoms with Crippen LogP contribution in [0.15, 0.2) is 59.6 Å². The molecule has 8 heteroatoms. The zero-order chi connectivity index (χ0) is 16.7. The van der Waals surface area contributed by atoms with Crippen LogP contribution < -0.4 is 0 Å². The first kappa shape index (κ1) is 15.5. The zero-order valence-corrected chi connectivity index (χ0v) is 12.5. The van der Waals surface area contributed by atoms with E-state index >= 15 is 0 Å². The minimum atomic E-state index is -4.02. The molecule has 0 aliphatic heterocycles. The van der Waals surface area contributed by atoms with E-state index in [0.29, 0.717) is 10.9 Å². The summed E-state index contributed by atoms with van der Waals surface area (Å²) in [6, 6.07) is 10.5. The summed E-state index contributed by atoms with van der Waals surface area (Å²) in [7, 11) is -4.02. The molecule has 0 radical (unpaired) electrons. The van der Waals surface area contributed by atoms with Crippen molar-refractivity contribution in [2.75, 3.05) is 6.67 Å². The van der Waals surface area contributed by atoms with Crippen molar-refractivity contribution >= 4 is 20.9 Å². The number of aromatic nitrogens is 2. The van der Waals surface area contributed by atoms with Gasteiger partial charge in [0.1, 0.15) is 0 Å². The third-order valence-corrected chi connectivity index (χ3v) is 5.03. The highest BCUT2D eigenvalue weighted by Crippen LogP contribution is 2.29. The van der Waals surface area contributed by atoms with Gasteiger partial charge in [-0.1, -0.05) is 30.3 Å². The van der Waals surface area contributed by atoms with Crippen molar-refractivity contribution in [3.63, 3.8) is 0 Å². The molecule has 1 heterocycles. The topological polar surface area (TPSA) is 52.0 Å². The molecule has 0 fully saturated rings. The fraction of sp³-hybridized carbons (Fsp3) is 0.133. The van der Waals surface area contributed by atoms with Crippen molar-refractivity contribution in [3.05, 3.63) is 60.3 Å². The molecule has 0 atom stereocenters. The molecule has 0 amide bonds. The normalized spacial score (nSPS) is 12.7. The SMILES string of the molecule is O=S(=O)(c1ccc(C(F)(F)CF)cc1)n1ncc2ccccc21. The van der Waals surface area contributed by atoms with Gasteiger partial charge in [-0.15, -0.1) is 0 Å². The van der Waals surface area contributed by atoms with E-state index in [0.717, 1.165) is 28.4 Å². The number of para-hydroxylation sites is 1. The molecule has 3 rings (SSSR count). The highest BCUT2D eigenvalue weighted by molar-refractivity contribution is 7.90. The molecule has 0 saturated carbocycles. The summed E-state index contributed by atoms with van der Waals surface area (Å²) in [5, 5.41) is 4.49. The molecular formula is C15H11F3N2O2S. The Balaban J connectivity index is 2.07. The maximum Gasteiger partial charge on any atom is 0.301 e. The van der Waals surface area contributed by atoms with Crippen LogP contribution in [0.4, 0.5) is 13.2 Å². The van der Waals surface area contributed by atoms with Gasteiger partial charge in [0.15, 0.2) is 6.67 Å². The van der Waals surface area contributed by atoms with E-state index in [1.165, 1.54) is 6.20 Å². The minimum Gasteiger partial charge on any atom is -0.244 e. The molecule has 4 nitrogen and oxygen atoms in total. The molecule has 0 unspecified atom stereocenters. The molecule has 0 N–H and O–H groups in total. The monoisotopic (exact) mass is 340 g/mol. The lowest BCUT2D eigenvalue weighted by Crippen LogP contribution is -2.17. The summed E-state index contributed by atoms with van der Waals surface area (Å²) in [6.45, 7) is -1.84. The van der Waals surface area contributed by atoms with Crippen molar-refractivity contribution in [2.24, 2.45) is 0 Å². The number of fused-ring (bicyclic) bond motifs is 1. The lowest BCUT2D eigenvalue weighted by atomic mass is 10.1. The van der Waals surface area contributed by atoms with Crippen LogP contribution in [0.3, 0.4) is 0 Å². The van der Waals surface area contributed by atoms with E-state index in [9.17, 15) is 21.6 Å². The number of halogens is 3. The molecule has 1 aromatic heterocycles. The summed E-state index contributed by atoms with van der Waals surface area (Å²) in [4.78, 5) is -0.204. The smallest absolute Gasteiger partial charge is 0.244 e. The number of rotatable bonds is 4. The molecular weight excluding hydrogens is 329 g/mol. The van der Waals surface area contributed by atoms with Crippen molar-refractivity contribution in [2.45, 2.75) is 10.8 Å². The number of alkyl halides is 3. The van der Waals surface area contributed by atoms with Gasteiger partial charge in [-0.25, -0.2) is 4.39 Å². The van der Waals surface area contributed by atoms with Gasteiger partial charge in [0, 0.05) is 10.9 Å². The third-order valence-electron chi connectivity index (χ3n) is 3.41. The first-order chi connectivity index (χ1) is 10.9. The van der Waals surface area contributed by atoms with Gasteiger partial charge in [-0.3, -0.25) is 0 Å². The maximum atomic E-state index is 13.3. The second kappa shape index (κ2) is 5.38. The fourth-order valence-corrected chi connectivity index (χ4v) is 3.46. The highest BCUT2D eigenvalue weighted by Gasteiger charge is 2.32. The Bertz CT molecular complexity index is 950. The van der Waals surface area contributed by atoms with Crippen LogP contribution in [0, 0.1) is 0 Å². The third kappa shape index (κ3) is 2.59. The second-order valence-electron chi connectivity index (χ2n) is 4.91. The van der Waals surface area contributed by atoms with Gasteiger partial charge in [0.05, 0.1) is 16.6 Å². The van der Waals surface area contributed by atoms with Crippen molar-refractivity contribution in [3.8, 4) is 0 Å². The number of nitrogens with zero attached hydrogens (tertiary/aromatic N) is 2. The largest absolute Gasteiger partial charge is 0.301 e. The zero-order valence-electron chi connectivity index (χ0n) is 11.7. The number of hydrogen-bond donors (Lipinski definition) is 0. The van der Waals surface area contributed by atoms with Gasteiger partial charge in [0.25, 0.3) is 10.0 Å². The summed E-state index contributed by atoms with van der Waals surface area (Å²) in [5.74, 6) is -3.64. The lowest BCUT2D eigenvalue weighted by Gasteiger charge is -2.13. The molecule has 0 aliphatic rings. The number of hydrogen-bond acceptors (Lipinski definition) is 3. The average Bonchev–Trinajstić information content (AvgIpc) is 3.00. The van der Waals surface area contributed by atoms with Crippen molar-refractivity contribution in [1.82, 2.24) is 9.19 Å². The van der Waals surface area contributed by atoms with E-state index in [1.807, 2.05) is 0 Å². The van der Waals surface area contributed by atoms with Crippen LogP contribution in [0.5, 0.6) is 0 Å². The Morgan fingerprint density at radius 3 is 2.35 bits per heavy atom. The molecule has 0 aliphatic carbocycles. The minimum absolute atomic E-state index is 0.204. The van der Waals surface area contributed by atoms with Crippen molar-refractivity contribution in [1.29, 1.82) is 0 Å². The molecule has 0 spiro atoms. The lowest BCUT2D eigenvalue weighted by molar-refractivity contribution is -0.0281. The van der Waals surface area contributed by atoms with Crippen LogP contribution in [0.2, 0.25) is 0 Å². The van der Waals surface area contributed by atoms with Crippen LogP contribution >= 0.6 is 0 Å². The number of benzene rings is 2. The maximum absolute atomic E-state index is 13.3. The average molecular weight is 340 g/mol. The molecule has 0 saturated heterocycles. The summed E-state index contributed by atoms with van der Waals surface area (Å²) < 4.78 is 64.8. The van der Waals surface area contributed by atoms with Gasteiger partial charge >= 0.3 is 5.92 Å². The first-order valence-corrected chi connectivity index (χ1v) is 8.03. The molecule has 2 aromatic carbocycles. The van der Waals surface area contributed by atoms with E-state index < -0.39 is 28.2 Å². The Labute approximate surface area is 130 Å². The standard InChI is InChI=1S/C15H11F3N2O2S/c16-10-15(17,18)12-5-7-13(8-6-12)23(21,22)20-14-4-2-1-3-11(14)9-19-20/h1-9H,10H2. The van der Waals surface area contributed by atoms with E-state index in [1.54, 1.807) is 24.3 Å². The van der Waals surface area contributed by atoms with Gasteiger partial charge in [-0.05, 0) is 18.2 Å². The molecule has 120 valence electrons.